The van der Waals surface area contributed by atoms with E-state index in [0.717, 1.165) is 17.5 Å². The molecule has 0 saturated carbocycles. The molecule has 0 aromatic carbocycles. The fourth-order valence-corrected chi connectivity index (χ4v) is 2.11. The van der Waals surface area contributed by atoms with Gasteiger partial charge in [-0.2, -0.15) is 4.98 Å². The first-order chi connectivity index (χ1) is 10.3. The van der Waals surface area contributed by atoms with Crippen LogP contribution in [0.5, 0.6) is 0 Å². The van der Waals surface area contributed by atoms with Crippen LogP contribution in [0.2, 0.25) is 0 Å². The average molecular weight is 284 g/mol. The standard InChI is InChI=1S/C14H16N6O/c1-2-10-7-16-5-3-11(10)13-18-14(21-19-13)12-8-20(6-4-15)9-17-12/h3,5,7-9H,2,4,6,15H2,1H3. The number of pyridine rings is 1. The maximum atomic E-state index is 5.51. The van der Waals surface area contributed by atoms with E-state index in [1.807, 2.05) is 23.0 Å². The Morgan fingerprint density at radius 1 is 1.38 bits per heavy atom. The molecule has 7 nitrogen and oxygen atoms in total. The van der Waals surface area contributed by atoms with E-state index in [9.17, 15) is 0 Å². The summed E-state index contributed by atoms with van der Waals surface area (Å²) >= 11 is 0. The molecule has 0 aliphatic carbocycles. The summed E-state index contributed by atoms with van der Waals surface area (Å²) in [7, 11) is 0. The summed E-state index contributed by atoms with van der Waals surface area (Å²) in [5.41, 5.74) is 8.18. The lowest BCUT2D eigenvalue weighted by atomic mass is 10.1. The van der Waals surface area contributed by atoms with Crippen molar-refractivity contribution in [2.24, 2.45) is 5.73 Å². The maximum Gasteiger partial charge on any atom is 0.278 e. The third-order valence-electron chi connectivity index (χ3n) is 3.19. The first-order valence-electron chi connectivity index (χ1n) is 6.81. The molecule has 0 radical (unpaired) electrons. The smallest absolute Gasteiger partial charge is 0.278 e. The SMILES string of the molecule is CCc1cnccc1-c1noc(-c2cn(CCN)cn2)n1. The lowest BCUT2D eigenvalue weighted by Gasteiger charge is -2.00. The number of hydrogen-bond donors (Lipinski definition) is 1. The topological polar surface area (TPSA) is 95.7 Å². The van der Waals surface area contributed by atoms with Gasteiger partial charge in [0.2, 0.25) is 5.82 Å². The molecule has 2 N–H and O–H groups in total. The van der Waals surface area contributed by atoms with Crippen molar-refractivity contribution in [3.63, 3.8) is 0 Å². The first kappa shape index (κ1) is 13.4. The van der Waals surface area contributed by atoms with E-state index in [-0.39, 0.29) is 0 Å². The first-order valence-corrected chi connectivity index (χ1v) is 6.81. The Kier molecular flexibility index (Phi) is 3.74. The van der Waals surface area contributed by atoms with Gasteiger partial charge in [0.05, 0.1) is 6.33 Å². The molecule has 0 fully saturated rings. The number of nitrogens with two attached hydrogens (primary N) is 1. The Balaban J connectivity index is 1.92. The van der Waals surface area contributed by atoms with E-state index < -0.39 is 0 Å². The average Bonchev–Trinajstić information content (AvgIpc) is 3.16. The van der Waals surface area contributed by atoms with Crippen molar-refractivity contribution < 1.29 is 4.52 Å². The molecule has 3 rings (SSSR count). The second-order valence-electron chi connectivity index (χ2n) is 4.59. The zero-order valence-electron chi connectivity index (χ0n) is 11.7. The van der Waals surface area contributed by atoms with E-state index in [1.165, 1.54) is 0 Å². The number of rotatable bonds is 5. The number of aromatic nitrogens is 5. The molecule has 0 unspecified atom stereocenters. The Bertz CT molecular complexity index is 732. The molecule has 108 valence electrons. The molecule has 0 saturated heterocycles. The Labute approximate surface area is 121 Å². The minimum Gasteiger partial charge on any atom is -0.335 e. The molecule has 7 heteroatoms. The summed E-state index contributed by atoms with van der Waals surface area (Å²) in [4.78, 5) is 12.8. The van der Waals surface area contributed by atoms with Crippen LogP contribution in [0.1, 0.15) is 12.5 Å². The normalized spacial score (nSPS) is 11.0. The quantitative estimate of drug-likeness (QED) is 0.763. The number of imidazole rings is 1. The van der Waals surface area contributed by atoms with Gasteiger partial charge in [0.25, 0.3) is 5.89 Å². The van der Waals surface area contributed by atoms with Crippen molar-refractivity contribution in [2.45, 2.75) is 19.9 Å². The third-order valence-corrected chi connectivity index (χ3v) is 3.19. The van der Waals surface area contributed by atoms with Gasteiger partial charge in [-0.15, -0.1) is 0 Å². The summed E-state index contributed by atoms with van der Waals surface area (Å²) in [5, 5.41) is 4.04. The third kappa shape index (κ3) is 2.68. The predicted molar refractivity (Wildman–Crippen MR) is 77.2 cm³/mol. The zero-order valence-corrected chi connectivity index (χ0v) is 11.7. The zero-order chi connectivity index (χ0) is 14.7. The molecule has 0 aliphatic heterocycles. The number of aryl methyl sites for hydroxylation is 1. The number of hydrogen-bond acceptors (Lipinski definition) is 6. The van der Waals surface area contributed by atoms with Gasteiger partial charge in [-0.3, -0.25) is 4.98 Å². The lowest BCUT2D eigenvalue weighted by Crippen LogP contribution is -2.07. The highest BCUT2D eigenvalue weighted by molar-refractivity contribution is 5.60. The van der Waals surface area contributed by atoms with Gasteiger partial charge in [-0.1, -0.05) is 12.1 Å². The van der Waals surface area contributed by atoms with Crippen LogP contribution in [-0.2, 0) is 13.0 Å². The monoisotopic (exact) mass is 284 g/mol. The van der Waals surface area contributed by atoms with Gasteiger partial charge < -0.3 is 14.8 Å². The molecule has 21 heavy (non-hydrogen) atoms. The van der Waals surface area contributed by atoms with Crippen LogP contribution in [-0.4, -0.2) is 31.2 Å². The molecule has 3 heterocycles. The molecule has 0 atom stereocenters. The molecule has 0 bridgehead atoms. The van der Waals surface area contributed by atoms with Crippen LogP contribution in [0, 0.1) is 0 Å². The van der Waals surface area contributed by atoms with E-state index in [4.69, 9.17) is 10.3 Å². The highest BCUT2D eigenvalue weighted by Gasteiger charge is 2.14. The highest BCUT2D eigenvalue weighted by atomic mass is 16.5. The van der Waals surface area contributed by atoms with E-state index in [1.54, 1.807) is 12.5 Å². The van der Waals surface area contributed by atoms with Crippen molar-refractivity contribution in [2.75, 3.05) is 6.54 Å². The van der Waals surface area contributed by atoms with Crippen molar-refractivity contribution in [1.29, 1.82) is 0 Å². The van der Waals surface area contributed by atoms with Crippen molar-refractivity contribution in [3.8, 4) is 23.0 Å². The molecular formula is C14H16N6O. The highest BCUT2D eigenvalue weighted by Crippen LogP contribution is 2.23. The van der Waals surface area contributed by atoms with Gasteiger partial charge in [-0.25, -0.2) is 4.98 Å². The van der Waals surface area contributed by atoms with Crippen LogP contribution in [0.15, 0.2) is 35.5 Å². The van der Waals surface area contributed by atoms with Crippen molar-refractivity contribution in [1.82, 2.24) is 24.7 Å². The fraction of sp³-hybridized carbons (Fsp3) is 0.286. The van der Waals surface area contributed by atoms with Crippen LogP contribution in [0.3, 0.4) is 0 Å². The van der Waals surface area contributed by atoms with Gasteiger partial charge in [0, 0.05) is 37.2 Å². The Hall–Kier alpha value is -2.54. The second kappa shape index (κ2) is 5.84. The molecule has 0 aliphatic rings. The van der Waals surface area contributed by atoms with E-state index in [2.05, 4.69) is 27.0 Å². The number of nitrogens with zero attached hydrogens (tertiary/aromatic N) is 5. The molecular weight excluding hydrogens is 268 g/mol. The summed E-state index contributed by atoms with van der Waals surface area (Å²) < 4.78 is 7.20. The largest absolute Gasteiger partial charge is 0.335 e. The maximum absolute atomic E-state index is 5.51. The van der Waals surface area contributed by atoms with Crippen LogP contribution < -0.4 is 5.73 Å². The minimum absolute atomic E-state index is 0.402. The summed E-state index contributed by atoms with van der Waals surface area (Å²) in [6.07, 6.45) is 7.95. The van der Waals surface area contributed by atoms with Crippen LogP contribution >= 0.6 is 0 Å². The second-order valence-corrected chi connectivity index (χ2v) is 4.59. The molecule has 0 spiro atoms. The van der Waals surface area contributed by atoms with Gasteiger partial charge in [0.15, 0.2) is 0 Å². The Morgan fingerprint density at radius 2 is 2.29 bits per heavy atom. The lowest BCUT2D eigenvalue weighted by molar-refractivity contribution is 0.431. The van der Waals surface area contributed by atoms with Crippen LogP contribution in [0.4, 0.5) is 0 Å². The fourth-order valence-electron chi connectivity index (χ4n) is 2.11. The van der Waals surface area contributed by atoms with Gasteiger partial charge in [0.1, 0.15) is 5.69 Å². The van der Waals surface area contributed by atoms with Crippen molar-refractivity contribution >= 4 is 0 Å². The predicted octanol–water partition coefficient (Wildman–Crippen LogP) is 1.52. The minimum atomic E-state index is 0.402. The summed E-state index contributed by atoms with van der Waals surface area (Å²) in [6, 6.07) is 1.89. The van der Waals surface area contributed by atoms with E-state index in [0.29, 0.717) is 30.5 Å². The van der Waals surface area contributed by atoms with Crippen molar-refractivity contribution in [3.05, 3.63) is 36.5 Å². The van der Waals surface area contributed by atoms with Gasteiger partial charge in [-0.05, 0) is 18.1 Å². The molecule has 0 amide bonds. The Morgan fingerprint density at radius 3 is 3.10 bits per heavy atom. The summed E-state index contributed by atoms with van der Waals surface area (Å²) in [6.45, 7) is 3.33. The van der Waals surface area contributed by atoms with Crippen LogP contribution in [0.25, 0.3) is 23.0 Å². The molecule has 3 aromatic rings. The molecule has 3 aromatic heterocycles. The van der Waals surface area contributed by atoms with Gasteiger partial charge >= 0.3 is 0 Å². The van der Waals surface area contributed by atoms with E-state index >= 15 is 0 Å². The summed E-state index contributed by atoms with van der Waals surface area (Å²) in [5.74, 6) is 0.956.